The Kier molecular flexibility index (Phi) is 2.73. The molecule has 0 fully saturated rings. The summed E-state index contributed by atoms with van der Waals surface area (Å²) in [5.74, 6) is 0.809. The van der Waals surface area contributed by atoms with Crippen LogP contribution in [0.3, 0.4) is 0 Å². The summed E-state index contributed by atoms with van der Waals surface area (Å²) in [5, 5.41) is 0. The normalized spacial score (nSPS) is 17.5. The van der Waals surface area contributed by atoms with Gasteiger partial charge in [-0.2, -0.15) is 0 Å². The molecule has 1 aromatic carbocycles. The lowest BCUT2D eigenvalue weighted by Crippen LogP contribution is -2.01. The topological polar surface area (TPSA) is 37.1 Å². The van der Waals surface area contributed by atoms with Gasteiger partial charge >= 0.3 is 0 Å². The van der Waals surface area contributed by atoms with Crippen LogP contribution >= 0.6 is 0 Å². The van der Waals surface area contributed by atoms with Crippen LogP contribution in [0.4, 0.5) is 0 Å². The Balaban J connectivity index is 2.08. The second-order valence-electron chi connectivity index (χ2n) is 4.39. The molecule has 0 amide bonds. The second-order valence-corrected chi connectivity index (χ2v) is 4.39. The van der Waals surface area contributed by atoms with E-state index in [1.54, 1.807) is 6.34 Å². The van der Waals surface area contributed by atoms with Crippen LogP contribution < -0.4 is 0 Å². The number of fused-ring (bicyclic) bond motifs is 2. The molecule has 3 nitrogen and oxygen atoms in total. The van der Waals surface area contributed by atoms with E-state index in [2.05, 4.69) is 46.2 Å². The molecule has 88 valence electrons. The van der Waals surface area contributed by atoms with E-state index in [1.807, 2.05) is 18.3 Å². The van der Waals surface area contributed by atoms with Crippen molar-refractivity contribution in [2.75, 3.05) is 0 Å². The summed E-state index contributed by atoms with van der Waals surface area (Å²) in [6, 6.07) is 8.34. The van der Waals surface area contributed by atoms with Gasteiger partial charge in [-0.1, -0.05) is 29.8 Å². The van der Waals surface area contributed by atoms with E-state index in [4.69, 9.17) is 0 Å². The van der Waals surface area contributed by atoms with Crippen molar-refractivity contribution in [2.45, 2.75) is 13.3 Å². The van der Waals surface area contributed by atoms with Gasteiger partial charge < -0.3 is 0 Å². The third kappa shape index (κ3) is 2.20. The van der Waals surface area contributed by atoms with Crippen molar-refractivity contribution in [1.82, 2.24) is 0 Å². The zero-order valence-electron chi connectivity index (χ0n) is 10.2. The average molecular weight is 235 g/mol. The molecule has 0 saturated heterocycles. The van der Waals surface area contributed by atoms with Crippen molar-refractivity contribution < 1.29 is 0 Å². The van der Waals surface area contributed by atoms with E-state index in [0.717, 1.165) is 29.1 Å². The quantitative estimate of drug-likeness (QED) is 0.717. The highest BCUT2D eigenvalue weighted by Crippen LogP contribution is 2.16. The van der Waals surface area contributed by atoms with Crippen molar-refractivity contribution in [3.05, 3.63) is 59.3 Å². The van der Waals surface area contributed by atoms with Crippen LogP contribution in [0.15, 0.2) is 63.2 Å². The Hall–Kier alpha value is -2.29. The lowest BCUT2D eigenvalue weighted by Gasteiger charge is -2.02. The predicted octanol–water partition coefficient (Wildman–Crippen LogP) is 3.07. The molecule has 0 spiro atoms. The van der Waals surface area contributed by atoms with E-state index >= 15 is 0 Å². The molecule has 2 heterocycles. The maximum Gasteiger partial charge on any atom is 0.135 e. The lowest BCUT2D eigenvalue weighted by molar-refractivity contribution is 1.31. The number of rotatable bonds is 1. The van der Waals surface area contributed by atoms with Gasteiger partial charge in [0.1, 0.15) is 12.2 Å². The molecule has 0 aromatic heterocycles. The van der Waals surface area contributed by atoms with Gasteiger partial charge in [0.15, 0.2) is 0 Å². The minimum Gasteiger partial charge on any atom is -0.245 e. The lowest BCUT2D eigenvalue weighted by atomic mass is 10.1. The van der Waals surface area contributed by atoms with Crippen molar-refractivity contribution in [2.24, 2.45) is 15.0 Å². The maximum atomic E-state index is 4.61. The van der Waals surface area contributed by atoms with Gasteiger partial charge in [0.2, 0.25) is 0 Å². The van der Waals surface area contributed by atoms with Crippen LogP contribution in [0.1, 0.15) is 17.5 Å². The number of benzene rings is 1. The van der Waals surface area contributed by atoms with Crippen molar-refractivity contribution in [1.29, 1.82) is 0 Å². The highest BCUT2D eigenvalue weighted by molar-refractivity contribution is 6.16. The van der Waals surface area contributed by atoms with Gasteiger partial charge in [-0.25, -0.2) is 15.0 Å². The second kappa shape index (κ2) is 4.53. The molecule has 18 heavy (non-hydrogen) atoms. The molecule has 0 unspecified atom stereocenters. The monoisotopic (exact) mass is 235 g/mol. The summed E-state index contributed by atoms with van der Waals surface area (Å²) >= 11 is 0. The van der Waals surface area contributed by atoms with Gasteiger partial charge in [0, 0.05) is 18.2 Å². The molecule has 0 atom stereocenters. The minimum atomic E-state index is 0.742. The molecule has 1 aromatic rings. The van der Waals surface area contributed by atoms with E-state index in [-0.39, 0.29) is 0 Å². The third-order valence-corrected chi connectivity index (χ3v) is 2.89. The zero-order valence-corrected chi connectivity index (χ0v) is 10.2. The van der Waals surface area contributed by atoms with Crippen molar-refractivity contribution in [3.8, 4) is 0 Å². The van der Waals surface area contributed by atoms with E-state index in [0.29, 0.717) is 0 Å². The number of aliphatic imine (C=N–C) groups is 3. The fraction of sp³-hybridized carbons (Fsp3) is 0.133. The fourth-order valence-electron chi connectivity index (χ4n) is 2.00. The third-order valence-electron chi connectivity index (χ3n) is 2.89. The summed E-state index contributed by atoms with van der Waals surface area (Å²) < 4.78 is 0. The smallest absolute Gasteiger partial charge is 0.135 e. The standard InChI is InChI=1S/C15H13N3/c1-11-3-2-4-13(7-11)14-6-5-12-8-15(18-14)17-10-16-9-12/h2-7,9-10H,8H2,1H3. The summed E-state index contributed by atoms with van der Waals surface area (Å²) in [6.07, 6.45) is 8.22. The Labute approximate surface area is 106 Å². The molecule has 2 aliphatic rings. The molecule has 0 N–H and O–H groups in total. The number of aryl methyl sites for hydroxylation is 1. The SMILES string of the molecule is Cc1cccc(C2=NC3=NC=NC=C(C=C2)C3)c1. The highest BCUT2D eigenvalue weighted by atomic mass is 15.0. The van der Waals surface area contributed by atoms with Crippen molar-refractivity contribution >= 4 is 17.9 Å². The maximum absolute atomic E-state index is 4.61. The number of hydrogen-bond acceptors (Lipinski definition) is 3. The summed E-state index contributed by atoms with van der Waals surface area (Å²) in [7, 11) is 0. The van der Waals surface area contributed by atoms with Gasteiger partial charge in [0.05, 0.1) is 5.71 Å². The fourth-order valence-corrected chi connectivity index (χ4v) is 2.00. The molecule has 0 aliphatic carbocycles. The summed E-state index contributed by atoms with van der Waals surface area (Å²) in [6.45, 7) is 2.08. The Bertz CT molecular complexity index is 631. The predicted molar refractivity (Wildman–Crippen MR) is 75.5 cm³/mol. The summed E-state index contributed by atoms with van der Waals surface area (Å²) in [4.78, 5) is 12.9. The first-order valence-electron chi connectivity index (χ1n) is 5.92. The summed E-state index contributed by atoms with van der Waals surface area (Å²) in [5.41, 5.74) is 4.44. The molecule has 3 rings (SSSR count). The van der Waals surface area contributed by atoms with Crippen LogP contribution in [-0.2, 0) is 0 Å². The first-order valence-corrected chi connectivity index (χ1v) is 5.92. The van der Waals surface area contributed by atoms with E-state index in [9.17, 15) is 0 Å². The van der Waals surface area contributed by atoms with Gasteiger partial charge in [-0.15, -0.1) is 0 Å². The van der Waals surface area contributed by atoms with E-state index < -0.39 is 0 Å². The number of amidine groups is 1. The molecular weight excluding hydrogens is 222 g/mol. The molecule has 2 bridgehead atoms. The Morgan fingerprint density at radius 3 is 3.00 bits per heavy atom. The molecule has 0 saturated carbocycles. The zero-order chi connectivity index (χ0) is 12.4. The van der Waals surface area contributed by atoms with Crippen molar-refractivity contribution in [3.63, 3.8) is 0 Å². The molecular formula is C15H13N3. The van der Waals surface area contributed by atoms with Crippen LogP contribution in [0.5, 0.6) is 0 Å². The first-order chi connectivity index (χ1) is 8.81. The molecule has 0 radical (unpaired) electrons. The average Bonchev–Trinajstić information content (AvgIpc) is 2.72. The number of nitrogens with zero attached hydrogens (tertiary/aromatic N) is 3. The van der Waals surface area contributed by atoms with Gasteiger partial charge in [-0.05, 0) is 24.6 Å². The molecule has 2 aliphatic heterocycles. The van der Waals surface area contributed by atoms with Gasteiger partial charge in [0.25, 0.3) is 0 Å². The first kappa shape index (κ1) is 10.8. The Morgan fingerprint density at radius 1 is 1.17 bits per heavy atom. The Morgan fingerprint density at radius 2 is 2.11 bits per heavy atom. The van der Waals surface area contributed by atoms with Crippen LogP contribution in [0.25, 0.3) is 0 Å². The highest BCUT2D eigenvalue weighted by Gasteiger charge is 2.10. The van der Waals surface area contributed by atoms with Gasteiger partial charge in [-0.3, -0.25) is 0 Å². The largest absolute Gasteiger partial charge is 0.245 e. The minimum absolute atomic E-state index is 0.742. The molecule has 3 heteroatoms. The number of allylic oxidation sites excluding steroid dienone is 2. The number of hydrogen-bond donors (Lipinski definition) is 0. The van der Waals surface area contributed by atoms with E-state index in [1.165, 1.54) is 5.56 Å². The van der Waals surface area contributed by atoms with Crippen LogP contribution in [0.2, 0.25) is 0 Å². The van der Waals surface area contributed by atoms with Crippen LogP contribution in [0, 0.1) is 6.92 Å². The van der Waals surface area contributed by atoms with Crippen LogP contribution in [-0.4, -0.2) is 17.9 Å².